The van der Waals surface area contributed by atoms with Crippen LogP contribution in [0.3, 0.4) is 0 Å². The summed E-state index contributed by atoms with van der Waals surface area (Å²) in [5.74, 6) is -1.60. The SMILES string of the molecule is CC1(C)O[C@H](CC(=O)O)[C@@]2(C)C1CC(=O)[C@]1(C)C2CC[C@@]2(C)[C@@H](c3ccoc3)OC(=O)[C@H]3O[C@]321. The van der Waals surface area contributed by atoms with Crippen molar-refractivity contribution in [1.82, 2.24) is 0 Å². The van der Waals surface area contributed by atoms with Crippen molar-refractivity contribution in [2.45, 2.75) is 89.8 Å². The maximum atomic E-state index is 14.2. The Morgan fingerprint density at radius 3 is 2.47 bits per heavy atom. The minimum absolute atomic E-state index is 0.0710. The molecule has 8 nitrogen and oxygen atoms in total. The van der Waals surface area contributed by atoms with Crippen LogP contribution in [0.4, 0.5) is 0 Å². The van der Waals surface area contributed by atoms with E-state index >= 15 is 0 Å². The highest BCUT2D eigenvalue weighted by atomic mass is 16.7. The number of furan rings is 1. The van der Waals surface area contributed by atoms with Gasteiger partial charge >= 0.3 is 11.9 Å². The highest BCUT2D eigenvalue weighted by molar-refractivity contribution is 5.93. The molecule has 184 valence electrons. The molecule has 34 heavy (non-hydrogen) atoms. The van der Waals surface area contributed by atoms with E-state index in [1.54, 1.807) is 18.6 Å². The van der Waals surface area contributed by atoms with E-state index in [0.717, 1.165) is 5.56 Å². The number of rotatable bonds is 3. The second kappa shape index (κ2) is 6.32. The molecule has 0 bridgehead atoms. The van der Waals surface area contributed by atoms with E-state index in [4.69, 9.17) is 18.6 Å². The first kappa shape index (κ1) is 22.3. The number of Topliss-reactive ketones (excluding diaryl/α,β-unsaturated/α-hetero) is 1. The van der Waals surface area contributed by atoms with Gasteiger partial charge in [0.05, 0.1) is 36.1 Å². The van der Waals surface area contributed by atoms with Crippen LogP contribution in [0.5, 0.6) is 0 Å². The third-order valence-corrected chi connectivity index (χ3v) is 10.6. The number of cyclic esters (lactones) is 1. The summed E-state index contributed by atoms with van der Waals surface area (Å²) in [5.41, 5.74) is -3.03. The first-order chi connectivity index (χ1) is 15.8. The summed E-state index contributed by atoms with van der Waals surface area (Å²) in [7, 11) is 0. The largest absolute Gasteiger partial charge is 0.481 e. The fourth-order valence-electron chi connectivity index (χ4n) is 9.09. The molecule has 2 unspecified atom stereocenters. The summed E-state index contributed by atoms with van der Waals surface area (Å²) in [6.45, 7) is 10.0. The van der Waals surface area contributed by atoms with Crippen LogP contribution in [0.2, 0.25) is 0 Å². The molecule has 3 aliphatic heterocycles. The van der Waals surface area contributed by atoms with Gasteiger partial charge in [-0.15, -0.1) is 0 Å². The molecule has 1 aromatic rings. The van der Waals surface area contributed by atoms with Crippen LogP contribution in [0.25, 0.3) is 0 Å². The predicted molar refractivity (Wildman–Crippen MR) is 117 cm³/mol. The van der Waals surface area contributed by atoms with Gasteiger partial charge in [-0.3, -0.25) is 9.59 Å². The summed E-state index contributed by atoms with van der Waals surface area (Å²) < 4.78 is 23.9. The van der Waals surface area contributed by atoms with Crippen molar-refractivity contribution in [3.63, 3.8) is 0 Å². The molecule has 4 heterocycles. The highest BCUT2D eigenvalue weighted by Crippen LogP contribution is 2.79. The Labute approximate surface area is 198 Å². The second-order valence-electron chi connectivity index (χ2n) is 12.2. The molecule has 2 aliphatic carbocycles. The van der Waals surface area contributed by atoms with Gasteiger partial charge in [0.2, 0.25) is 0 Å². The monoisotopic (exact) mass is 472 g/mol. The van der Waals surface area contributed by atoms with Gasteiger partial charge in [0.25, 0.3) is 0 Å². The third kappa shape index (κ3) is 2.25. The summed E-state index contributed by atoms with van der Waals surface area (Å²) in [5, 5.41) is 9.68. The van der Waals surface area contributed by atoms with Crippen LogP contribution < -0.4 is 0 Å². The summed E-state index contributed by atoms with van der Waals surface area (Å²) >= 11 is 0. The lowest BCUT2D eigenvalue weighted by Crippen LogP contribution is -2.71. The Balaban J connectivity index is 1.51. The van der Waals surface area contributed by atoms with Crippen LogP contribution in [0.1, 0.15) is 72.0 Å². The van der Waals surface area contributed by atoms with Crippen LogP contribution in [0, 0.1) is 28.1 Å². The Kier molecular flexibility index (Phi) is 4.14. The Morgan fingerprint density at radius 2 is 1.82 bits per heavy atom. The molecule has 0 amide bonds. The fraction of sp³-hybridized carbons (Fsp3) is 0.731. The van der Waals surface area contributed by atoms with E-state index in [2.05, 4.69) is 13.8 Å². The number of hydrogen-bond acceptors (Lipinski definition) is 7. The Morgan fingerprint density at radius 1 is 1.09 bits per heavy atom. The standard InChI is InChI=1S/C26H32O8/c1-22(2)15-10-16(27)25(5)14(24(15,4)17(33-22)11-18(28)29)6-8-23(3)19(13-7-9-31-12-13)32-21(30)20-26(23,25)34-20/h7,9,12,14-15,17,19-20H,6,8,10-11H2,1-5H3,(H,28,29)/t14?,15?,17-,19-,20-,23+,24-,25+,26-/m1/s1. The topological polar surface area (TPSA) is 116 Å². The van der Waals surface area contributed by atoms with E-state index in [-0.39, 0.29) is 30.5 Å². The molecule has 2 saturated carbocycles. The van der Waals surface area contributed by atoms with E-state index in [1.165, 1.54) is 0 Å². The molecule has 5 fully saturated rings. The minimum Gasteiger partial charge on any atom is -0.481 e. The van der Waals surface area contributed by atoms with Gasteiger partial charge in [0.15, 0.2) is 6.10 Å². The van der Waals surface area contributed by atoms with Gasteiger partial charge in [-0.05, 0) is 45.6 Å². The first-order valence-corrected chi connectivity index (χ1v) is 12.2. The molecular formula is C26H32O8. The normalized spacial score (nSPS) is 50.4. The molecule has 6 rings (SSSR count). The molecule has 8 heteroatoms. The summed E-state index contributed by atoms with van der Waals surface area (Å²) in [6.07, 6.45) is 2.74. The lowest BCUT2D eigenvalue weighted by atomic mass is 9.37. The predicted octanol–water partition coefficient (Wildman–Crippen LogP) is 3.69. The molecule has 3 saturated heterocycles. The van der Waals surface area contributed by atoms with Gasteiger partial charge in [-0.2, -0.15) is 0 Å². The average Bonchev–Trinajstić information content (AvgIpc) is 3.25. The van der Waals surface area contributed by atoms with E-state index in [1.807, 2.05) is 20.8 Å². The van der Waals surface area contributed by atoms with Crippen molar-refractivity contribution in [3.05, 3.63) is 24.2 Å². The van der Waals surface area contributed by atoms with Crippen molar-refractivity contribution in [1.29, 1.82) is 0 Å². The number of hydrogen-bond donors (Lipinski definition) is 1. The number of carboxylic acid groups (broad SMARTS) is 1. The summed E-state index contributed by atoms with van der Waals surface area (Å²) in [6, 6.07) is 1.80. The van der Waals surface area contributed by atoms with Gasteiger partial charge in [-0.25, -0.2) is 4.79 Å². The number of aliphatic carboxylic acids is 1. The molecule has 9 atom stereocenters. The number of ether oxygens (including phenoxy) is 3. The van der Waals surface area contributed by atoms with Crippen LogP contribution in [-0.4, -0.2) is 46.2 Å². The number of carbonyl (C=O) groups is 3. The number of ketones is 1. The molecular weight excluding hydrogens is 440 g/mol. The van der Waals surface area contributed by atoms with Crippen molar-refractivity contribution in [2.75, 3.05) is 0 Å². The van der Waals surface area contributed by atoms with E-state index in [0.29, 0.717) is 12.8 Å². The quantitative estimate of drug-likeness (QED) is 0.523. The van der Waals surface area contributed by atoms with Gasteiger partial charge < -0.3 is 23.7 Å². The number of esters is 1. The smallest absolute Gasteiger partial charge is 0.339 e. The third-order valence-electron chi connectivity index (χ3n) is 10.6. The fourth-order valence-corrected chi connectivity index (χ4v) is 9.09. The zero-order chi connectivity index (χ0) is 24.5. The summed E-state index contributed by atoms with van der Waals surface area (Å²) in [4.78, 5) is 39.1. The van der Waals surface area contributed by atoms with E-state index in [9.17, 15) is 19.5 Å². The van der Waals surface area contributed by atoms with E-state index < -0.39 is 57.7 Å². The molecule has 0 radical (unpaired) electrons. The van der Waals surface area contributed by atoms with Gasteiger partial charge in [0, 0.05) is 28.7 Å². The number of carboxylic acids is 1. The zero-order valence-corrected chi connectivity index (χ0v) is 20.3. The van der Waals surface area contributed by atoms with Crippen molar-refractivity contribution in [2.24, 2.45) is 28.1 Å². The second-order valence-corrected chi connectivity index (χ2v) is 12.2. The minimum atomic E-state index is -1.01. The Bertz CT molecular complexity index is 1090. The molecule has 1 N–H and O–H groups in total. The van der Waals surface area contributed by atoms with Crippen LogP contribution in [-0.2, 0) is 28.6 Å². The molecule has 1 aromatic heterocycles. The molecule has 1 spiro atoms. The van der Waals surface area contributed by atoms with Crippen molar-refractivity contribution < 1.29 is 38.1 Å². The lowest BCUT2D eigenvalue weighted by molar-refractivity contribution is -0.211. The number of epoxide rings is 1. The zero-order valence-electron chi connectivity index (χ0n) is 20.3. The average molecular weight is 473 g/mol. The van der Waals surface area contributed by atoms with Crippen LogP contribution in [0.15, 0.2) is 23.0 Å². The van der Waals surface area contributed by atoms with Crippen molar-refractivity contribution >= 4 is 17.7 Å². The maximum Gasteiger partial charge on any atom is 0.339 e. The van der Waals surface area contributed by atoms with Gasteiger partial charge in [0.1, 0.15) is 17.5 Å². The number of carbonyl (C=O) groups excluding carboxylic acids is 2. The Hall–Kier alpha value is -2.19. The highest BCUT2D eigenvalue weighted by Gasteiger charge is 2.89. The molecule has 0 aromatic carbocycles. The lowest BCUT2D eigenvalue weighted by Gasteiger charge is -2.64. The number of fused-ring (bicyclic) bond motifs is 3. The first-order valence-electron chi connectivity index (χ1n) is 12.2. The maximum absolute atomic E-state index is 14.2. The molecule has 5 aliphatic rings. The van der Waals surface area contributed by atoms with Gasteiger partial charge in [-0.1, -0.05) is 13.8 Å². The van der Waals surface area contributed by atoms with Crippen LogP contribution >= 0.6 is 0 Å². The van der Waals surface area contributed by atoms with Crippen molar-refractivity contribution in [3.8, 4) is 0 Å².